The summed E-state index contributed by atoms with van der Waals surface area (Å²) in [5.41, 5.74) is -2.69. The molecule has 0 radical (unpaired) electrons. The maximum Gasteiger partial charge on any atom is 0.416 e. The first-order chi connectivity index (χ1) is 15.4. The van der Waals surface area contributed by atoms with E-state index >= 15 is 0 Å². The molecule has 2 aromatic rings. The molecule has 178 valence electrons. The average Bonchev–Trinajstić information content (AvgIpc) is 3.09. The first kappa shape index (κ1) is 24.7. The van der Waals surface area contributed by atoms with Gasteiger partial charge < -0.3 is 9.47 Å². The number of amides is 1. The second kappa shape index (κ2) is 9.54. The third kappa shape index (κ3) is 5.92. The largest absolute Gasteiger partial charge is 0.493 e. The Morgan fingerprint density at radius 1 is 0.939 bits per heavy atom. The number of rotatable bonds is 6. The summed E-state index contributed by atoms with van der Waals surface area (Å²) in [5.74, 6) is 0.633. The van der Waals surface area contributed by atoms with Gasteiger partial charge in [-0.05, 0) is 42.3 Å². The second-order valence-electron chi connectivity index (χ2n) is 6.93. The van der Waals surface area contributed by atoms with Crippen LogP contribution in [0.15, 0.2) is 41.4 Å². The Balaban J connectivity index is 1.88. The van der Waals surface area contributed by atoms with E-state index in [1.165, 1.54) is 19.1 Å². The van der Waals surface area contributed by atoms with Crippen molar-refractivity contribution in [1.82, 2.24) is 4.90 Å². The van der Waals surface area contributed by atoms with Crippen LogP contribution in [0.5, 0.6) is 11.5 Å². The molecule has 0 aromatic heterocycles. The van der Waals surface area contributed by atoms with E-state index in [0.717, 1.165) is 17.3 Å². The summed E-state index contributed by atoms with van der Waals surface area (Å²) in [6.45, 7) is 0.130. The Kier molecular flexibility index (Phi) is 7.15. The minimum atomic E-state index is -4.98. The highest BCUT2D eigenvalue weighted by Gasteiger charge is 2.37. The number of ether oxygens (including phenoxy) is 2. The number of aliphatic imine (C=N–C) groups is 1. The quantitative estimate of drug-likeness (QED) is 0.497. The van der Waals surface area contributed by atoms with Crippen molar-refractivity contribution in [2.45, 2.75) is 18.8 Å². The fraction of sp³-hybridized carbons (Fsp3) is 0.333. The van der Waals surface area contributed by atoms with Crippen molar-refractivity contribution in [3.63, 3.8) is 0 Å². The predicted molar refractivity (Wildman–Crippen MR) is 111 cm³/mol. The number of nitrogens with zero attached hydrogens (tertiary/aromatic N) is 2. The summed E-state index contributed by atoms with van der Waals surface area (Å²) >= 11 is 0.948. The Morgan fingerprint density at radius 3 is 2.09 bits per heavy atom. The molecule has 1 fully saturated rings. The van der Waals surface area contributed by atoms with Crippen molar-refractivity contribution < 1.29 is 40.6 Å². The van der Waals surface area contributed by atoms with E-state index in [-0.39, 0.29) is 29.4 Å². The van der Waals surface area contributed by atoms with Crippen molar-refractivity contribution in [1.29, 1.82) is 0 Å². The van der Waals surface area contributed by atoms with Crippen molar-refractivity contribution >= 4 is 28.5 Å². The van der Waals surface area contributed by atoms with Gasteiger partial charge in [0, 0.05) is 6.54 Å². The number of hydrogen-bond donors (Lipinski definition) is 0. The summed E-state index contributed by atoms with van der Waals surface area (Å²) in [4.78, 5) is 17.5. The lowest BCUT2D eigenvalue weighted by Gasteiger charge is -2.17. The molecule has 0 bridgehead atoms. The molecule has 1 aliphatic rings. The van der Waals surface area contributed by atoms with Crippen molar-refractivity contribution in [3.05, 3.63) is 53.1 Å². The van der Waals surface area contributed by atoms with Gasteiger partial charge in [-0.15, -0.1) is 0 Å². The Morgan fingerprint density at radius 2 is 1.55 bits per heavy atom. The molecule has 33 heavy (non-hydrogen) atoms. The molecule has 1 amide bonds. The van der Waals surface area contributed by atoms with E-state index in [9.17, 15) is 31.1 Å². The lowest BCUT2D eigenvalue weighted by atomic mass is 10.1. The van der Waals surface area contributed by atoms with E-state index in [4.69, 9.17) is 9.47 Å². The standard InChI is InChI=1S/C21H18F6N2O3S/c1-31-16-4-3-12(7-17(16)32-2)5-6-29-18(30)11-33-19(29)28-15-9-13(20(22,23)24)8-14(10-15)21(25,26)27/h3-4,7-10H,5-6,11H2,1-2H3. The maximum absolute atomic E-state index is 13.1. The predicted octanol–water partition coefficient (Wildman–Crippen LogP) is 5.55. The molecular weight excluding hydrogens is 474 g/mol. The summed E-state index contributed by atoms with van der Waals surface area (Å²) in [6, 6.07) is 6.24. The van der Waals surface area contributed by atoms with Crippen LogP contribution in [0.4, 0.5) is 32.0 Å². The third-order valence-electron chi connectivity index (χ3n) is 4.73. The highest BCUT2D eigenvalue weighted by atomic mass is 32.2. The summed E-state index contributed by atoms with van der Waals surface area (Å²) in [6.07, 6.45) is -9.62. The molecule has 1 saturated heterocycles. The third-order valence-corrected chi connectivity index (χ3v) is 5.69. The molecule has 0 spiro atoms. The Hall–Kier alpha value is -2.89. The number of benzene rings is 2. The van der Waals surface area contributed by atoms with Crippen LogP contribution in [0.3, 0.4) is 0 Å². The summed E-state index contributed by atoms with van der Waals surface area (Å²) in [5, 5.41) is 0.0351. The molecule has 1 aliphatic heterocycles. The van der Waals surface area contributed by atoms with Gasteiger partial charge in [-0.2, -0.15) is 26.3 Å². The molecule has 12 heteroatoms. The molecule has 0 N–H and O–H groups in total. The molecule has 3 rings (SSSR count). The minimum absolute atomic E-state index is 0.0180. The highest BCUT2D eigenvalue weighted by Crippen LogP contribution is 2.39. The molecule has 0 aliphatic carbocycles. The molecule has 5 nitrogen and oxygen atoms in total. The van der Waals surface area contributed by atoms with E-state index in [1.807, 2.05) is 0 Å². The van der Waals surface area contributed by atoms with Crippen molar-refractivity contribution in [2.75, 3.05) is 26.5 Å². The fourth-order valence-corrected chi connectivity index (χ4v) is 4.02. The normalized spacial score (nSPS) is 15.9. The van der Waals surface area contributed by atoms with Gasteiger partial charge in [-0.1, -0.05) is 17.8 Å². The van der Waals surface area contributed by atoms with Crippen LogP contribution in [-0.4, -0.2) is 42.5 Å². The number of amidine groups is 1. The van der Waals surface area contributed by atoms with Gasteiger partial charge in [0.15, 0.2) is 16.7 Å². The molecule has 1 heterocycles. The van der Waals surface area contributed by atoms with E-state index in [2.05, 4.69) is 4.99 Å². The Labute approximate surface area is 189 Å². The first-order valence-electron chi connectivity index (χ1n) is 9.44. The smallest absolute Gasteiger partial charge is 0.416 e. The van der Waals surface area contributed by atoms with Crippen LogP contribution in [0.25, 0.3) is 0 Å². The van der Waals surface area contributed by atoms with Crippen LogP contribution in [0.1, 0.15) is 16.7 Å². The highest BCUT2D eigenvalue weighted by molar-refractivity contribution is 8.15. The molecular formula is C21H18F6N2O3S. The first-order valence-corrected chi connectivity index (χ1v) is 10.4. The van der Waals surface area contributed by atoms with Gasteiger partial charge in [-0.25, -0.2) is 4.99 Å². The molecule has 0 saturated carbocycles. The maximum atomic E-state index is 13.1. The van der Waals surface area contributed by atoms with Crippen LogP contribution in [0.2, 0.25) is 0 Å². The topological polar surface area (TPSA) is 51.1 Å². The lowest BCUT2D eigenvalue weighted by Crippen LogP contribution is -2.31. The fourth-order valence-electron chi connectivity index (χ4n) is 3.09. The van der Waals surface area contributed by atoms with Crippen LogP contribution in [0, 0.1) is 0 Å². The van der Waals surface area contributed by atoms with E-state index < -0.39 is 29.2 Å². The van der Waals surface area contributed by atoms with Crippen LogP contribution in [-0.2, 0) is 23.6 Å². The summed E-state index contributed by atoms with van der Waals surface area (Å²) in [7, 11) is 2.95. The minimum Gasteiger partial charge on any atom is -0.493 e. The number of thioether (sulfide) groups is 1. The number of halogens is 6. The molecule has 2 aromatic carbocycles. The number of carbonyl (C=O) groups excluding carboxylic acids is 1. The van der Waals surface area contributed by atoms with Gasteiger partial charge >= 0.3 is 12.4 Å². The average molecular weight is 492 g/mol. The van der Waals surface area contributed by atoms with Crippen LogP contribution >= 0.6 is 11.8 Å². The molecule has 0 unspecified atom stereocenters. The van der Waals surface area contributed by atoms with Gasteiger partial charge in [-0.3, -0.25) is 9.69 Å². The zero-order chi connectivity index (χ0) is 24.4. The number of hydrogen-bond acceptors (Lipinski definition) is 5. The number of alkyl halides is 6. The van der Waals surface area contributed by atoms with E-state index in [1.54, 1.807) is 18.2 Å². The van der Waals surface area contributed by atoms with Gasteiger partial charge in [0.2, 0.25) is 5.91 Å². The Bertz CT molecular complexity index is 1040. The zero-order valence-electron chi connectivity index (χ0n) is 17.4. The number of carbonyl (C=O) groups is 1. The van der Waals surface area contributed by atoms with Gasteiger partial charge in [0.05, 0.1) is 36.8 Å². The lowest BCUT2D eigenvalue weighted by molar-refractivity contribution is -0.143. The van der Waals surface area contributed by atoms with Crippen molar-refractivity contribution in [2.24, 2.45) is 4.99 Å². The van der Waals surface area contributed by atoms with E-state index in [0.29, 0.717) is 30.1 Å². The molecule has 0 atom stereocenters. The van der Waals surface area contributed by atoms with Gasteiger partial charge in [0.1, 0.15) is 0 Å². The van der Waals surface area contributed by atoms with Crippen LogP contribution < -0.4 is 9.47 Å². The monoisotopic (exact) mass is 492 g/mol. The van der Waals surface area contributed by atoms with Gasteiger partial charge in [0.25, 0.3) is 0 Å². The second-order valence-corrected chi connectivity index (χ2v) is 7.87. The number of methoxy groups -OCH3 is 2. The SMILES string of the molecule is COc1ccc(CCN2C(=O)CSC2=Nc2cc(C(F)(F)F)cc(C(F)(F)F)c2)cc1OC. The zero-order valence-corrected chi connectivity index (χ0v) is 18.2. The summed E-state index contributed by atoms with van der Waals surface area (Å²) < 4.78 is 89.0. The van der Waals surface area contributed by atoms with Crippen molar-refractivity contribution in [3.8, 4) is 11.5 Å².